The Bertz CT molecular complexity index is 469. The molecule has 0 radical (unpaired) electrons. The maximum absolute atomic E-state index is 11.7. The third-order valence-corrected chi connectivity index (χ3v) is 3.39. The minimum atomic E-state index is -0.701. The number of cyclic esters (lactones) is 1. The number of hydrogen-bond acceptors (Lipinski definition) is 3. The number of hydrogen-bond donors (Lipinski definition) is 1. The number of ether oxygens (including phenoxy) is 1. The highest BCUT2D eigenvalue weighted by molar-refractivity contribution is 5.69. The summed E-state index contributed by atoms with van der Waals surface area (Å²) in [6, 6.07) is 0. The van der Waals surface area contributed by atoms with Crippen LogP contribution < -0.4 is 0 Å². The number of carbonyl (C=O) groups excluding carboxylic acids is 1. The quantitative estimate of drug-likeness (QED) is 0.448. The molecule has 0 aromatic rings. The molecule has 126 valence electrons. The van der Waals surface area contributed by atoms with Gasteiger partial charge in [0.25, 0.3) is 0 Å². The molecule has 0 saturated carbocycles. The molecule has 0 aromatic carbocycles. The van der Waals surface area contributed by atoms with Gasteiger partial charge in [-0.15, -0.1) is 0 Å². The van der Waals surface area contributed by atoms with E-state index in [1.807, 2.05) is 36.5 Å². The van der Waals surface area contributed by atoms with Crippen LogP contribution in [0.2, 0.25) is 0 Å². The molecule has 1 aliphatic rings. The highest BCUT2D eigenvalue weighted by Crippen LogP contribution is 2.12. The molecule has 1 heterocycles. The summed E-state index contributed by atoms with van der Waals surface area (Å²) < 4.78 is 5.34. The van der Waals surface area contributed by atoms with Gasteiger partial charge < -0.3 is 9.84 Å². The average molecular weight is 316 g/mol. The van der Waals surface area contributed by atoms with Gasteiger partial charge in [-0.3, -0.25) is 4.79 Å². The Morgan fingerprint density at radius 3 is 2.83 bits per heavy atom. The van der Waals surface area contributed by atoms with Gasteiger partial charge in [0.1, 0.15) is 6.10 Å². The summed E-state index contributed by atoms with van der Waals surface area (Å²) in [7, 11) is 0. The van der Waals surface area contributed by atoms with Gasteiger partial charge in [-0.25, -0.2) is 0 Å². The van der Waals surface area contributed by atoms with Gasteiger partial charge in [-0.05, 0) is 38.2 Å². The van der Waals surface area contributed by atoms with Gasteiger partial charge in [0, 0.05) is 6.42 Å². The van der Waals surface area contributed by atoms with Gasteiger partial charge in [-0.1, -0.05) is 61.6 Å². The van der Waals surface area contributed by atoms with E-state index in [1.165, 1.54) is 0 Å². The van der Waals surface area contributed by atoms with Crippen molar-refractivity contribution in [2.75, 3.05) is 0 Å². The molecule has 1 N–H and O–H groups in total. The molecule has 1 rings (SSSR count). The van der Waals surface area contributed by atoms with Crippen LogP contribution in [-0.4, -0.2) is 23.3 Å². The first-order valence-corrected chi connectivity index (χ1v) is 8.41. The van der Waals surface area contributed by atoms with Crippen LogP contribution in [0.15, 0.2) is 60.8 Å². The summed E-state index contributed by atoms with van der Waals surface area (Å²) in [4.78, 5) is 11.7. The lowest BCUT2D eigenvalue weighted by molar-refractivity contribution is -0.151. The molecule has 0 fully saturated rings. The second-order valence-corrected chi connectivity index (χ2v) is 5.43. The summed E-state index contributed by atoms with van der Waals surface area (Å²) >= 11 is 0. The number of rotatable bonds is 6. The lowest BCUT2D eigenvalue weighted by Gasteiger charge is -2.20. The molecule has 0 unspecified atom stereocenters. The van der Waals surface area contributed by atoms with Crippen LogP contribution in [0.3, 0.4) is 0 Å². The van der Waals surface area contributed by atoms with Crippen molar-refractivity contribution in [3.05, 3.63) is 60.8 Å². The van der Waals surface area contributed by atoms with E-state index in [4.69, 9.17) is 4.74 Å². The van der Waals surface area contributed by atoms with Gasteiger partial charge in [0.05, 0.1) is 6.10 Å². The summed E-state index contributed by atoms with van der Waals surface area (Å²) in [6.45, 7) is 2.11. The lowest BCUT2D eigenvalue weighted by Crippen LogP contribution is -2.29. The molecule has 3 nitrogen and oxygen atoms in total. The highest BCUT2D eigenvalue weighted by Gasteiger charge is 2.20. The number of aliphatic hydroxyl groups excluding tert-OH is 1. The lowest BCUT2D eigenvalue weighted by atomic mass is 10.1. The van der Waals surface area contributed by atoms with Gasteiger partial charge in [0.15, 0.2) is 0 Å². The molecule has 23 heavy (non-hydrogen) atoms. The minimum Gasteiger partial charge on any atom is -0.455 e. The zero-order valence-corrected chi connectivity index (χ0v) is 13.9. The number of aliphatic hydroxyl groups is 1. The Balaban J connectivity index is 2.49. The zero-order valence-electron chi connectivity index (χ0n) is 13.9. The van der Waals surface area contributed by atoms with Crippen molar-refractivity contribution < 1.29 is 14.6 Å². The van der Waals surface area contributed by atoms with Crippen LogP contribution in [0, 0.1) is 0 Å². The number of allylic oxidation sites excluding steroid dienone is 8. The van der Waals surface area contributed by atoms with Crippen LogP contribution in [-0.2, 0) is 9.53 Å². The molecular weight excluding hydrogens is 288 g/mol. The van der Waals surface area contributed by atoms with E-state index in [0.29, 0.717) is 12.8 Å². The molecule has 0 aliphatic carbocycles. The van der Waals surface area contributed by atoms with Crippen molar-refractivity contribution in [3.63, 3.8) is 0 Å². The fourth-order valence-corrected chi connectivity index (χ4v) is 2.11. The minimum absolute atomic E-state index is 0.249. The fourth-order valence-electron chi connectivity index (χ4n) is 2.11. The van der Waals surface area contributed by atoms with Crippen LogP contribution >= 0.6 is 0 Å². The average Bonchev–Trinajstić information content (AvgIpc) is 2.54. The monoisotopic (exact) mass is 316 g/mol. The molecule has 0 bridgehead atoms. The Labute approximate surface area is 139 Å². The van der Waals surface area contributed by atoms with E-state index in [2.05, 4.69) is 25.2 Å². The molecule has 1 aliphatic heterocycles. The Kier molecular flexibility index (Phi) is 10.5. The topological polar surface area (TPSA) is 46.5 Å². The standard InChI is InChI=1S/C20H28O3/c1-2-3-4-5-6-7-8-9-13-16-19-18(21)15-12-10-11-14-17-20(22)23-19/h3-4,6-10,12-13,16,18-19,21H,2,5,11,14-15,17H2,1H3/b4-3-,7-6-,9-8+,12-10-,16-13-/t18-,19+/m1/s1. The summed E-state index contributed by atoms with van der Waals surface area (Å²) in [6.07, 6.45) is 22.8. The van der Waals surface area contributed by atoms with Crippen molar-refractivity contribution in [1.29, 1.82) is 0 Å². The van der Waals surface area contributed by atoms with E-state index in [-0.39, 0.29) is 5.97 Å². The Morgan fingerprint density at radius 1 is 1.17 bits per heavy atom. The third-order valence-electron chi connectivity index (χ3n) is 3.39. The third kappa shape index (κ3) is 9.69. The van der Waals surface area contributed by atoms with Crippen molar-refractivity contribution in [1.82, 2.24) is 0 Å². The highest BCUT2D eigenvalue weighted by atomic mass is 16.6. The van der Waals surface area contributed by atoms with Gasteiger partial charge in [0.2, 0.25) is 0 Å². The normalized spacial score (nSPS) is 25.6. The smallest absolute Gasteiger partial charge is 0.306 e. The number of esters is 1. The van der Waals surface area contributed by atoms with E-state index < -0.39 is 12.2 Å². The van der Waals surface area contributed by atoms with E-state index in [1.54, 1.807) is 6.08 Å². The van der Waals surface area contributed by atoms with Crippen molar-refractivity contribution >= 4 is 5.97 Å². The molecule has 0 spiro atoms. The van der Waals surface area contributed by atoms with Crippen molar-refractivity contribution in [2.24, 2.45) is 0 Å². The summed E-state index contributed by atoms with van der Waals surface area (Å²) in [5.74, 6) is -0.249. The van der Waals surface area contributed by atoms with Crippen LogP contribution in [0.25, 0.3) is 0 Å². The Morgan fingerprint density at radius 2 is 2.00 bits per heavy atom. The van der Waals surface area contributed by atoms with E-state index in [9.17, 15) is 9.90 Å². The molecule has 3 heteroatoms. The Hall–Kier alpha value is -1.87. The first kappa shape index (κ1) is 19.2. The predicted octanol–water partition coefficient (Wildman–Crippen LogP) is 4.41. The largest absolute Gasteiger partial charge is 0.455 e. The second kappa shape index (κ2) is 12.7. The van der Waals surface area contributed by atoms with Crippen LogP contribution in [0.5, 0.6) is 0 Å². The molecule has 0 amide bonds. The first-order chi connectivity index (χ1) is 11.2. The summed E-state index contributed by atoms with van der Waals surface area (Å²) in [5.41, 5.74) is 0. The van der Waals surface area contributed by atoms with E-state index in [0.717, 1.165) is 25.7 Å². The fraction of sp³-hybridized carbons (Fsp3) is 0.450. The maximum Gasteiger partial charge on any atom is 0.306 e. The van der Waals surface area contributed by atoms with Gasteiger partial charge in [-0.2, -0.15) is 0 Å². The molecule has 0 aromatic heterocycles. The number of carbonyl (C=O) groups is 1. The first-order valence-electron chi connectivity index (χ1n) is 8.41. The van der Waals surface area contributed by atoms with Crippen LogP contribution in [0.4, 0.5) is 0 Å². The van der Waals surface area contributed by atoms with Gasteiger partial charge >= 0.3 is 5.97 Å². The van der Waals surface area contributed by atoms with Crippen molar-refractivity contribution in [3.8, 4) is 0 Å². The zero-order chi connectivity index (χ0) is 16.8. The predicted molar refractivity (Wildman–Crippen MR) is 95.0 cm³/mol. The van der Waals surface area contributed by atoms with Crippen molar-refractivity contribution in [2.45, 2.75) is 57.7 Å². The van der Waals surface area contributed by atoms with Crippen LogP contribution in [0.1, 0.15) is 45.4 Å². The SMILES string of the molecule is CC/C=C\C\C=C/C=C/C=C\[C@@H]1OC(=O)CCC/C=C\C[C@H]1O. The summed E-state index contributed by atoms with van der Waals surface area (Å²) in [5, 5.41) is 10.1. The van der Waals surface area contributed by atoms with E-state index >= 15 is 0 Å². The molecule has 2 atom stereocenters. The molecule has 0 saturated heterocycles. The molecular formula is C20H28O3. The second-order valence-electron chi connectivity index (χ2n) is 5.43. The maximum atomic E-state index is 11.7.